The second-order valence-electron chi connectivity index (χ2n) is 6.96. The van der Waals surface area contributed by atoms with Gasteiger partial charge in [-0.15, -0.1) is 0 Å². The van der Waals surface area contributed by atoms with Gasteiger partial charge in [0.2, 0.25) is 5.88 Å². The Morgan fingerprint density at radius 2 is 2.19 bits per heavy atom. The lowest BCUT2D eigenvalue weighted by Crippen LogP contribution is -2.27. The Morgan fingerprint density at radius 1 is 1.35 bits per heavy atom. The van der Waals surface area contributed by atoms with Crippen molar-refractivity contribution in [2.24, 2.45) is 0 Å². The van der Waals surface area contributed by atoms with E-state index in [9.17, 15) is 14.0 Å². The minimum Gasteiger partial charge on any atom is -0.427 e. The first-order valence-corrected chi connectivity index (χ1v) is 9.44. The molecule has 1 aliphatic rings. The van der Waals surface area contributed by atoms with Crippen molar-refractivity contribution >= 4 is 28.9 Å². The Balaban J connectivity index is 1.52. The highest BCUT2D eigenvalue weighted by Crippen LogP contribution is 2.26. The summed E-state index contributed by atoms with van der Waals surface area (Å²) in [6.45, 7) is 0. The monoisotopic (exact) mass is 424 g/mol. The first-order chi connectivity index (χ1) is 15.0. The zero-order valence-electron chi connectivity index (χ0n) is 16.2. The maximum atomic E-state index is 13.2. The van der Waals surface area contributed by atoms with Crippen LogP contribution in [0, 0.1) is 0 Å². The van der Waals surface area contributed by atoms with Gasteiger partial charge in [0, 0.05) is 25.7 Å². The topological polar surface area (TPSA) is 131 Å². The Kier molecular flexibility index (Phi) is 4.38. The van der Waals surface area contributed by atoms with Gasteiger partial charge in [-0.3, -0.25) is 14.2 Å². The number of alkyl halides is 1. The van der Waals surface area contributed by atoms with E-state index in [4.69, 9.17) is 4.42 Å². The molecule has 0 aliphatic heterocycles. The minimum atomic E-state index is -1.02. The van der Waals surface area contributed by atoms with Crippen molar-refractivity contribution in [1.82, 2.24) is 29.5 Å². The summed E-state index contributed by atoms with van der Waals surface area (Å²) in [4.78, 5) is 33.6. The summed E-state index contributed by atoms with van der Waals surface area (Å²) in [5, 5.41) is 12.8. The second kappa shape index (κ2) is 7.23. The highest BCUT2D eigenvalue weighted by Gasteiger charge is 2.39. The maximum absolute atomic E-state index is 13.2. The van der Waals surface area contributed by atoms with Gasteiger partial charge in [-0.1, -0.05) is 0 Å². The van der Waals surface area contributed by atoms with E-state index >= 15 is 0 Å². The third kappa shape index (κ3) is 3.37. The second-order valence-corrected chi connectivity index (χ2v) is 6.96. The van der Waals surface area contributed by atoms with Crippen molar-refractivity contribution in [1.29, 1.82) is 0 Å². The highest BCUT2D eigenvalue weighted by atomic mass is 19.1. The molecule has 12 heteroatoms. The number of nitrogens with one attached hydrogen (secondary N) is 3. The first kappa shape index (κ1) is 18.8. The fraction of sp³-hybridized carbons (Fsp3) is 0.211. The summed E-state index contributed by atoms with van der Waals surface area (Å²) < 4.78 is 21.1. The van der Waals surface area contributed by atoms with Crippen LogP contribution >= 0.6 is 0 Å². The molecule has 4 aromatic heterocycles. The zero-order valence-corrected chi connectivity index (χ0v) is 16.2. The summed E-state index contributed by atoms with van der Waals surface area (Å²) in [6, 6.07) is 4.43. The van der Waals surface area contributed by atoms with Crippen LogP contribution in [0.15, 0.2) is 52.4 Å². The molecule has 0 aromatic carbocycles. The summed E-state index contributed by atoms with van der Waals surface area (Å²) in [6.07, 6.45) is 4.87. The van der Waals surface area contributed by atoms with Crippen molar-refractivity contribution in [2.45, 2.75) is 18.6 Å². The van der Waals surface area contributed by atoms with Crippen molar-refractivity contribution in [3.8, 4) is 5.88 Å². The third-order valence-corrected chi connectivity index (χ3v) is 4.87. The van der Waals surface area contributed by atoms with Crippen LogP contribution in [-0.4, -0.2) is 49.3 Å². The zero-order chi connectivity index (χ0) is 21.5. The predicted molar refractivity (Wildman–Crippen MR) is 109 cm³/mol. The van der Waals surface area contributed by atoms with Crippen LogP contribution < -0.4 is 21.5 Å². The summed E-state index contributed by atoms with van der Waals surface area (Å²) in [5.74, 6) is 0.662. The number of fused-ring (bicyclic) bond motifs is 1. The van der Waals surface area contributed by atoms with Gasteiger partial charge >= 0.3 is 0 Å². The van der Waals surface area contributed by atoms with Gasteiger partial charge in [0.15, 0.2) is 12.0 Å². The van der Waals surface area contributed by atoms with Crippen LogP contribution in [0.5, 0.6) is 0 Å². The molecule has 158 valence electrons. The number of anilines is 3. The molecule has 0 unspecified atom stereocenters. The highest BCUT2D eigenvalue weighted by molar-refractivity contribution is 6.00. The number of halogens is 1. The molecule has 11 nitrogen and oxygen atoms in total. The van der Waals surface area contributed by atoms with Crippen LogP contribution in [0.2, 0.25) is 0 Å². The van der Waals surface area contributed by atoms with Gasteiger partial charge < -0.3 is 20.4 Å². The first-order valence-electron chi connectivity index (χ1n) is 9.44. The van der Waals surface area contributed by atoms with Crippen LogP contribution in [0.25, 0.3) is 11.5 Å². The number of carbonyl (C=O) groups excluding carboxylic acids is 1. The number of hydrogen-bond acceptors (Lipinski definition) is 8. The summed E-state index contributed by atoms with van der Waals surface area (Å²) >= 11 is 0. The lowest BCUT2D eigenvalue weighted by molar-refractivity contribution is 0.0949. The number of rotatable bonds is 6. The SMILES string of the molecule is CNc1cc(Nc2cccn(-c3cnco3)c2=O)nc2c(C(=O)N[C@@H]3C[C@@H]3F)cnn12. The molecule has 1 saturated carbocycles. The maximum Gasteiger partial charge on any atom is 0.281 e. The van der Waals surface area contributed by atoms with E-state index in [1.54, 1.807) is 31.4 Å². The smallest absolute Gasteiger partial charge is 0.281 e. The van der Waals surface area contributed by atoms with E-state index in [1.165, 1.54) is 27.9 Å². The standard InChI is InChI=1S/C19H17FN8O3/c1-21-15-6-14(24-12-3-2-4-27(19(12)30)16-8-22-9-31-16)26-17-10(7-23-28(15)17)18(29)25-13-5-11(13)20/h2-4,6-9,11,13,21H,5H2,1H3,(H,24,26)(H,25,29)/t11-,13+/m0/s1. The average molecular weight is 424 g/mol. The number of aromatic nitrogens is 5. The van der Waals surface area contributed by atoms with Gasteiger partial charge in [-0.2, -0.15) is 9.61 Å². The molecule has 1 amide bonds. The molecular weight excluding hydrogens is 407 g/mol. The summed E-state index contributed by atoms with van der Waals surface area (Å²) in [7, 11) is 1.69. The third-order valence-electron chi connectivity index (χ3n) is 4.87. The number of carbonyl (C=O) groups is 1. The largest absolute Gasteiger partial charge is 0.427 e. The molecule has 0 radical (unpaired) electrons. The summed E-state index contributed by atoms with van der Waals surface area (Å²) in [5.41, 5.74) is 0.323. The molecule has 2 atom stereocenters. The Morgan fingerprint density at radius 3 is 2.90 bits per heavy atom. The predicted octanol–water partition coefficient (Wildman–Crippen LogP) is 1.49. The average Bonchev–Trinajstić information content (AvgIpc) is 3.18. The number of nitrogens with zero attached hydrogens (tertiary/aromatic N) is 5. The van der Waals surface area contributed by atoms with Crippen molar-refractivity contribution < 1.29 is 13.6 Å². The molecule has 5 rings (SSSR count). The Hall–Kier alpha value is -4.22. The van der Waals surface area contributed by atoms with Crippen LogP contribution in [-0.2, 0) is 0 Å². The molecular formula is C19H17FN8O3. The lowest BCUT2D eigenvalue weighted by atomic mass is 10.3. The van der Waals surface area contributed by atoms with E-state index in [-0.39, 0.29) is 28.3 Å². The molecule has 0 bridgehead atoms. The molecule has 3 N–H and O–H groups in total. The van der Waals surface area contributed by atoms with Crippen LogP contribution in [0.3, 0.4) is 0 Å². The fourth-order valence-electron chi connectivity index (χ4n) is 3.15. The van der Waals surface area contributed by atoms with E-state index in [2.05, 4.69) is 31.0 Å². The van der Waals surface area contributed by atoms with Gasteiger partial charge in [0.1, 0.15) is 29.1 Å². The number of pyridine rings is 1. The van der Waals surface area contributed by atoms with Crippen molar-refractivity contribution in [3.63, 3.8) is 0 Å². The van der Waals surface area contributed by atoms with Gasteiger partial charge in [0.25, 0.3) is 11.5 Å². The number of oxazole rings is 1. The molecule has 4 aromatic rings. The number of amides is 1. The van der Waals surface area contributed by atoms with Crippen LogP contribution in [0.4, 0.5) is 21.7 Å². The van der Waals surface area contributed by atoms with E-state index in [0.717, 1.165) is 0 Å². The van der Waals surface area contributed by atoms with E-state index in [0.29, 0.717) is 18.1 Å². The van der Waals surface area contributed by atoms with Crippen molar-refractivity contribution in [3.05, 3.63) is 59.1 Å². The fourth-order valence-corrected chi connectivity index (χ4v) is 3.15. The molecule has 1 aliphatic carbocycles. The molecule has 0 saturated heterocycles. The Bertz CT molecular complexity index is 1330. The van der Waals surface area contributed by atoms with Crippen molar-refractivity contribution in [2.75, 3.05) is 17.7 Å². The van der Waals surface area contributed by atoms with Gasteiger partial charge in [-0.25, -0.2) is 14.4 Å². The normalized spacial score (nSPS) is 17.5. The molecule has 1 fully saturated rings. The molecule has 0 spiro atoms. The number of hydrogen-bond donors (Lipinski definition) is 3. The lowest BCUT2D eigenvalue weighted by Gasteiger charge is -2.11. The Labute approximate surface area is 173 Å². The van der Waals surface area contributed by atoms with Crippen LogP contribution in [0.1, 0.15) is 16.8 Å². The van der Waals surface area contributed by atoms with E-state index in [1.807, 2.05) is 0 Å². The van der Waals surface area contributed by atoms with Gasteiger partial charge in [0.05, 0.1) is 18.4 Å². The molecule has 31 heavy (non-hydrogen) atoms. The minimum absolute atomic E-state index is 0.200. The van der Waals surface area contributed by atoms with Gasteiger partial charge in [-0.05, 0) is 12.1 Å². The quantitative estimate of drug-likeness (QED) is 0.424. The van der Waals surface area contributed by atoms with E-state index < -0.39 is 18.1 Å². The molecule has 4 heterocycles.